The van der Waals surface area contributed by atoms with E-state index in [0.29, 0.717) is 0 Å². The molecule has 2 heterocycles. The summed E-state index contributed by atoms with van der Waals surface area (Å²) < 4.78 is 6.26. The van der Waals surface area contributed by atoms with Gasteiger partial charge < -0.3 is 9.57 Å². The molecular formula is C19H21NO2Si. The molecule has 23 heavy (non-hydrogen) atoms. The monoisotopic (exact) mass is 323 g/mol. The van der Waals surface area contributed by atoms with E-state index < -0.39 is 13.5 Å². The third kappa shape index (κ3) is 2.09. The summed E-state index contributed by atoms with van der Waals surface area (Å²) in [5, 5.41) is 5.82. The molecule has 2 aromatic rings. The third-order valence-electron chi connectivity index (χ3n) is 5.23. The second-order valence-electron chi connectivity index (χ2n) is 6.78. The molecule has 0 spiro atoms. The summed E-state index contributed by atoms with van der Waals surface area (Å²) in [6.45, 7) is 5.38. The predicted molar refractivity (Wildman–Crippen MR) is 94.4 cm³/mol. The molecule has 1 fully saturated rings. The van der Waals surface area contributed by atoms with E-state index in [1.165, 1.54) is 5.19 Å². The normalized spacial score (nSPS) is 26.5. The van der Waals surface area contributed by atoms with Crippen molar-refractivity contribution in [2.24, 2.45) is 11.1 Å². The minimum atomic E-state index is -2.03. The maximum atomic E-state index is 6.26. The van der Waals surface area contributed by atoms with Gasteiger partial charge >= 0.3 is 0 Å². The average molecular weight is 323 g/mol. The summed E-state index contributed by atoms with van der Waals surface area (Å²) in [4.78, 5) is 6.08. The SMILES string of the molecule is C[Si](C)(c1ccccc1)[C@@]12OCC[C@@H]1C(c1ccccc1)=NO2. The molecule has 0 amide bonds. The lowest BCUT2D eigenvalue weighted by Gasteiger charge is -2.39. The number of nitrogens with zero attached hydrogens (tertiary/aromatic N) is 1. The van der Waals surface area contributed by atoms with Crippen molar-refractivity contribution >= 4 is 19.0 Å². The zero-order chi connectivity index (χ0) is 15.9. The van der Waals surface area contributed by atoms with Crippen molar-refractivity contribution < 1.29 is 9.57 Å². The number of hydrogen-bond donors (Lipinski definition) is 0. The fraction of sp³-hybridized carbons (Fsp3) is 0.316. The first kappa shape index (κ1) is 14.7. The summed E-state index contributed by atoms with van der Waals surface area (Å²) in [5.74, 6) is 0.215. The maximum Gasteiger partial charge on any atom is 0.229 e. The van der Waals surface area contributed by atoms with Crippen LogP contribution < -0.4 is 5.19 Å². The van der Waals surface area contributed by atoms with E-state index in [-0.39, 0.29) is 5.92 Å². The Morgan fingerprint density at radius 2 is 1.65 bits per heavy atom. The minimum absolute atomic E-state index is 0.215. The van der Waals surface area contributed by atoms with Crippen molar-refractivity contribution in [3.63, 3.8) is 0 Å². The molecule has 2 aliphatic heterocycles. The van der Waals surface area contributed by atoms with Crippen LogP contribution >= 0.6 is 0 Å². The third-order valence-corrected chi connectivity index (χ3v) is 9.33. The van der Waals surface area contributed by atoms with Gasteiger partial charge in [0, 0.05) is 0 Å². The number of hydrogen-bond acceptors (Lipinski definition) is 3. The van der Waals surface area contributed by atoms with Crippen LogP contribution in [0, 0.1) is 5.92 Å². The average Bonchev–Trinajstić information content (AvgIpc) is 3.17. The molecule has 1 saturated heterocycles. The minimum Gasteiger partial charge on any atom is -0.364 e. The van der Waals surface area contributed by atoms with Crippen LogP contribution in [0.3, 0.4) is 0 Å². The van der Waals surface area contributed by atoms with Crippen molar-refractivity contribution in [2.75, 3.05) is 6.61 Å². The van der Waals surface area contributed by atoms with Crippen molar-refractivity contribution in [3.05, 3.63) is 66.2 Å². The largest absolute Gasteiger partial charge is 0.364 e. The molecule has 0 aromatic heterocycles. The Labute approximate surface area is 137 Å². The molecule has 2 atom stereocenters. The zero-order valence-corrected chi connectivity index (χ0v) is 14.5. The van der Waals surface area contributed by atoms with Gasteiger partial charge in [-0.2, -0.15) is 0 Å². The molecule has 4 rings (SSSR count). The summed E-state index contributed by atoms with van der Waals surface area (Å²) in [6.07, 6.45) is 0.969. The second kappa shape index (κ2) is 5.32. The summed E-state index contributed by atoms with van der Waals surface area (Å²) in [5.41, 5.74) is 1.60. The molecule has 0 N–H and O–H groups in total. The Balaban J connectivity index is 1.75. The van der Waals surface area contributed by atoms with Gasteiger partial charge in [-0.25, -0.2) is 0 Å². The van der Waals surface area contributed by atoms with E-state index in [4.69, 9.17) is 9.57 Å². The van der Waals surface area contributed by atoms with Crippen LogP contribution in [0.25, 0.3) is 0 Å². The Kier molecular flexibility index (Phi) is 3.39. The number of fused-ring (bicyclic) bond motifs is 1. The molecule has 0 radical (unpaired) electrons. The van der Waals surface area contributed by atoms with Gasteiger partial charge in [0.05, 0.1) is 18.2 Å². The highest BCUT2D eigenvalue weighted by molar-refractivity contribution is 6.92. The van der Waals surface area contributed by atoms with Crippen LogP contribution in [-0.2, 0) is 9.57 Å². The van der Waals surface area contributed by atoms with E-state index in [9.17, 15) is 0 Å². The first-order valence-electron chi connectivity index (χ1n) is 8.16. The van der Waals surface area contributed by atoms with Crippen molar-refractivity contribution in [2.45, 2.75) is 24.9 Å². The fourth-order valence-electron chi connectivity index (χ4n) is 3.86. The Hall–Kier alpha value is -1.91. The Bertz CT molecular complexity index is 730. The van der Waals surface area contributed by atoms with Crippen LogP contribution in [0.4, 0.5) is 0 Å². The second-order valence-corrected chi connectivity index (χ2v) is 11.3. The Morgan fingerprint density at radius 3 is 2.35 bits per heavy atom. The fourth-order valence-corrected chi connectivity index (χ4v) is 7.17. The molecule has 118 valence electrons. The van der Waals surface area contributed by atoms with Crippen molar-refractivity contribution in [1.82, 2.24) is 0 Å². The van der Waals surface area contributed by atoms with E-state index in [0.717, 1.165) is 24.3 Å². The van der Waals surface area contributed by atoms with E-state index in [1.807, 2.05) is 18.2 Å². The van der Waals surface area contributed by atoms with Crippen molar-refractivity contribution in [1.29, 1.82) is 0 Å². The van der Waals surface area contributed by atoms with Crippen LogP contribution in [0.5, 0.6) is 0 Å². The maximum absolute atomic E-state index is 6.26. The summed E-state index contributed by atoms with van der Waals surface area (Å²) in [6, 6.07) is 21.0. The highest BCUT2D eigenvalue weighted by Gasteiger charge is 2.64. The Morgan fingerprint density at radius 1 is 1.00 bits per heavy atom. The lowest BCUT2D eigenvalue weighted by Crippen LogP contribution is -2.65. The topological polar surface area (TPSA) is 30.8 Å². The zero-order valence-electron chi connectivity index (χ0n) is 13.5. The molecule has 3 nitrogen and oxygen atoms in total. The van der Waals surface area contributed by atoms with Gasteiger partial charge in [-0.15, -0.1) is 0 Å². The molecule has 0 aliphatic carbocycles. The van der Waals surface area contributed by atoms with Gasteiger partial charge in [0.2, 0.25) is 5.41 Å². The van der Waals surface area contributed by atoms with Crippen LogP contribution in [0.2, 0.25) is 13.1 Å². The van der Waals surface area contributed by atoms with E-state index >= 15 is 0 Å². The summed E-state index contributed by atoms with van der Waals surface area (Å²) >= 11 is 0. The van der Waals surface area contributed by atoms with Gasteiger partial charge in [0.1, 0.15) is 0 Å². The molecule has 0 unspecified atom stereocenters. The quantitative estimate of drug-likeness (QED) is 0.812. The van der Waals surface area contributed by atoms with Gasteiger partial charge in [-0.3, -0.25) is 0 Å². The lowest BCUT2D eigenvalue weighted by molar-refractivity contribution is -0.152. The van der Waals surface area contributed by atoms with E-state index in [1.54, 1.807) is 0 Å². The standard InChI is InChI=1S/C19H21NO2Si/c1-23(2,16-11-7-4-8-12-16)19-17(13-14-21-19)18(20-22-19)15-9-5-3-6-10-15/h3-12,17H,13-14H2,1-2H3/t17-,19-/m1/s1. The molecule has 0 bridgehead atoms. The molecule has 4 heteroatoms. The molecule has 0 saturated carbocycles. The van der Waals surface area contributed by atoms with Crippen LogP contribution in [0.1, 0.15) is 12.0 Å². The number of rotatable bonds is 3. The first-order valence-corrected chi connectivity index (χ1v) is 11.2. The molecule has 2 aromatic carbocycles. The van der Waals surface area contributed by atoms with Gasteiger partial charge in [-0.1, -0.05) is 84.1 Å². The molecular weight excluding hydrogens is 302 g/mol. The highest BCUT2D eigenvalue weighted by atomic mass is 28.3. The summed E-state index contributed by atoms with van der Waals surface area (Å²) in [7, 11) is -2.03. The number of ether oxygens (including phenoxy) is 1. The predicted octanol–water partition coefficient (Wildman–Crippen LogP) is 3.31. The number of benzene rings is 2. The van der Waals surface area contributed by atoms with Crippen LogP contribution in [0.15, 0.2) is 65.8 Å². The van der Waals surface area contributed by atoms with Gasteiger partial charge in [-0.05, 0) is 12.0 Å². The number of oxime groups is 1. The molecule has 2 aliphatic rings. The lowest BCUT2D eigenvalue weighted by atomic mass is 9.95. The smallest absolute Gasteiger partial charge is 0.229 e. The van der Waals surface area contributed by atoms with Crippen LogP contribution in [-0.4, -0.2) is 25.8 Å². The van der Waals surface area contributed by atoms with Gasteiger partial charge in [0.25, 0.3) is 0 Å². The van der Waals surface area contributed by atoms with Gasteiger partial charge in [0.15, 0.2) is 8.07 Å². The van der Waals surface area contributed by atoms with E-state index in [2.05, 4.69) is 60.7 Å². The highest BCUT2D eigenvalue weighted by Crippen LogP contribution is 2.46. The van der Waals surface area contributed by atoms with Crippen molar-refractivity contribution in [3.8, 4) is 0 Å². The first-order chi connectivity index (χ1) is 11.2.